The van der Waals surface area contributed by atoms with Crippen LogP contribution in [0.25, 0.3) is 23.0 Å². The van der Waals surface area contributed by atoms with Crippen LogP contribution in [0.3, 0.4) is 0 Å². The van der Waals surface area contributed by atoms with Gasteiger partial charge in [-0.1, -0.05) is 5.16 Å². The first-order valence-electron chi connectivity index (χ1n) is 13.4. The van der Waals surface area contributed by atoms with Gasteiger partial charge in [0, 0.05) is 38.4 Å². The van der Waals surface area contributed by atoms with Crippen molar-refractivity contribution in [2.75, 3.05) is 39.3 Å². The van der Waals surface area contributed by atoms with E-state index >= 15 is 0 Å². The van der Waals surface area contributed by atoms with Crippen LogP contribution in [0.15, 0.2) is 64.1 Å². The first-order valence-corrected chi connectivity index (χ1v) is 13.4. The first kappa shape index (κ1) is 27.9. The Bertz CT molecular complexity index is 1450. The maximum absolute atomic E-state index is 14.8. The third-order valence-corrected chi connectivity index (χ3v) is 6.66. The van der Waals surface area contributed by atoms with Gasteiger partial charge in [0.25, 0.3) is 11.8 Å². The van der Waals surface area contributed by atoms with Gasteiger partial charge >= 0.3 is 0 Å². The average molecular weight is 564 g/mol. The standard InChI is InChI=1S/C28H30FN7O5/c1-19(32-26(37)24-5-2-15-40-24)28(38)36-12-3-10-35(13-14-36)11-4-16-39-20-6-7-21(22(29)17-20)25-33-27(41-34-25)23-8-9-30-18-31-23/h2,5-9,15,17-19H,3-4,10-14,16H2,1H3,(H,32,37)/t19-/m0/s1. The van der Waals surface area contributed by atoms with Crippen molar-refractivity contribution >= 4 is 11.8 Å². The molecule has 0 aliphatic carbocycles. The number of ether oxygens (including phenoxy) is 1. The lowest BCUT2D eigenvalue weighted by Crippen LogP contribution is -2.48. The molecule has 1 fully saturated rings. The van der Waals surface area contributed by atoms with E-state index in [1.807, 2.05) is 0 Å². The van der Waals surface area contributed by atoms with Gasteiger partial charge in [0.05, 0.1) is 18.4 Å². The number of benzene rings is 1. The van der Waals surface area contributed by atoms with Crippen molar-refractivity contribution in [1.82, 2.24) is 35.2 Å². The summed E-state index contributed by atoms with van der Waals surface area (Å²) >= 11 is 0. The third-order valence-electron chi connectivity index (χ3n) is 6.66. The summed E-state index contributed by atoms with van der Waals surface area (Å²) in [5.74, 6) is -0.183. The van der Waals surface area contributed by atoms with Crippen molar-refractivity contribution in [2.24, 2.45) is 0 Å². The van der Waals surface area contributed by atoms with Crippen LogP contribution < -0.4 is 10.1 Å². The topological polar surface area (TPSA) is 140 Å². The van der Waals surface area contributed by atoms with Crippen LogP contribution in [0.5, 0.6) is 5.75 Å². The molecule has 2 amide bonds. The lowest BCUT2D eigenvalue weighted by Gasteiger charge is -2.25. The molecule has 5 rings (SSSR count). The van der Waals surface area contributed by atoms with E-state index in [4.69, 9.17) is 13.7 Å². The number of carbonyl (C=O) groups excluding carboxylic acids is 2. The number of amides is 2. The summed E-state index contributed by atoms with van der Waals surface area (Å²) in [7, 11) is 0. The molecular weight excluding hydrogens is 533 g/mol. The molecule has 41 heavy (non-hydrogen) atoms. The molecular formula is C28H30FN7O5. The van der Waals surface area contributed by atoms with E-state index in [-0.39, 0.29) is 28.9 Å². The fourth-order valence-electron chi connectivity index (χ4n) is 4.53. The van der Waals surface area contributed by atoms with Gasteiger partial charge in [0.1, 0.15) is 29.6 Å². The van der Waals surface area contributed by atoms with Crippen molar-refractivity contribution < 1.29 is 27.7 Å². The van der Waals surface area contributed by atoms with E-state index < -0.39 is 17.8 Å². The number of hydrogen-bond acceptors (Lipinski definition) is 10. The zero-order chi connectivity index (χ0) is 28.6. The van der Waals surface area contributed by atoms with Crippen molar-refractivity contribution in [3.63, 3.8) is 0 Å². The van der Waals surface area contributed by atoms with Crippen molar-refractivity contribution in [2.45, 2.75) is 25.8 Å². The summed E-state index contributed by atoms with van der Waals surface area (Å²) in [6.07, 6.45) is 5.90. The molecule has 1 atom stereocenters. The zero-order valence-electron chi connectivity index (χ0n) is 22.5. The molecule has 0 unspecified atom stereocenters. The van der Waals surface area contributed by atoms with Crippen molar-refractivity contribution in [3.05, 3.63) is 66.8 Å². The number of rotatable bonds is 10. The predicted molar refractivity (Wildman–Crippen MR) is 144 cm³/mol. The lowest BCUT2D eigenvalue weighted by atomic mass is 10.2. The highest BCUT2D eigenvalue weighted by atomic mass is 19.1. The summed E-state index contributed by atoms with van der Waals surface area (Å²) in [5.41, 5.74) is 0.645. The van der Waals surface area contributed by atoms with E-state index in [2.05, 4.69) is 30.3 Å². The zero-order valence-corrected chi connectivity index (χ0v) is 22.5. The lowest BCUT2D eigenvalue weighted by molar-refractivity contribution is -0.132. The van der Waals surface area contributed by atoms with Gasteiger partial charge in [-0.15, -0.1) is 0 Å². The second-order valence-corrected chi connectivity index (χ2v) is 9.55. The second-order valence-electron chi connectivity index (χ2n) is 9.55. The molecule has 3 aromatic heterocycles. The number of aromatic nitrogens is 4. The molecule has 1 aromatic carbocycles. The fourth-order valence-corrected chi connectivity index (χ4v) is 4.53. The molecule has 4 heterocycles. The van der Waals surface area contributed by atoms with E-state index in [0.29, 0.717) is 31.1 Å². The second kappa shape index (κ2) is 13.1. The molecule has 1 aliphatic rings. The molecule has 12 nitrogen and oxygen atoms in total. The predicted octanol–water partition coefficient (Wildman–Crippen LogP) is 3.05. The van der Waals surface area contributed by atoms with Crippen LogP contribution in [-0.4, -0.2) is 87.1 Å². The summed E-state index contributed by atoms with van der Waals surface area (Å²) in [6.45, 7) is 5.63. The van der Waals surface area contributed by atoms with E-state index in [0.717, 1.165) is 32.5 Å². The van der Waals surface area contributed by atoms with Gasteiger partial charge in [0.15, 0.2) is 5.76 Å². The summed E-state index contributed by atoms with van der Waals surface area (Å²) in [4.78, 5) is 41.3. The highest BCUT2D eigenvalue weighted by molar-refractivity contribution is 5.95. The Balaban J connectivity index is 1.05. The van der Waals surface area contributed by atoms with Crippen LogP contribution in [0.1, 0.15) is 30.3 Å². The van der Waals surface area contributed by atoms with Crippen LogP contribution in [0.2, 0.25) is 0 Å². The van der Waals surface area contributed by atoms with Gasteiger partial charge in [-0.25, -0.2) is 14.4 Å². The SMILES string of the molecule is C[C@H](NC(=O)c1ccco1)C(=O)N1CCCN(CCCOc2ccc(-c3noc(-c4ccncn4)n3)c(F)c2)CC1. The maximum atomic E-state index is 14.8. The maximum Gasteiger partial charge on any atom is 0.287 e. The number of nitrogens with one attached hydrogen (secondary N) is 1. The first-order chi connectivity index (χ1) is 20.0. The molecule has 0 spiro atoms. The molecule has 4 aromatic rings. The molecule has 1 N–H and O–H groups in total. The summed E-state index contributed by atoms with van der Waals surface area (Å²) in [6, 6.07) is 8.67. The van der Waals surface area contributed by atoms with Crippen LogP contribution in [-0.2, 0) is 4.79 Å². The number of halogens is 1. The number of furan rings is 1. The summed E-state index contributed by atoms with van der Waals surface area (Å²) in [5, 5.41) is 6.55. The minimum Gasteiger partial charge on any atom is -0.493 e. The van der Waals surface area contributed by atoms with Crippen LogP contribution >= 0.6 is 0 Å². The third kappa shape index (κ3) is 7.11. The molecule has 13 heteroatoms. The monoisotopic (exact) mass is 563 g/mol. The average Bonchev–Trinajstić information content (AvgIpc) is 3.65. The fraction of sp³-hybridized carbons (Fsp3) is 0.357. The molecule has 214 valence electrons. The van der Waals surface area contributed by atoms with Gasteiger partial charge < -0.3 is 28.8 Å². The van der Waals surface area contributed by atoms with Gasteiger partial charge in [-0.3, -0.25) is 9.59 Å². The normalized spacial score (nSPS) is 14.8. The number of hydrogen-bond donors (Lipinski definition) is 1. The molecule has 1 saturated heterocycles. The summed E-state index contributed by atoms with van der Waals surface area (Å²) < 4.78 is 30.9. The van der Waals surface area contributed by atoms with Crippen LogP contribution in [0, 0.1) is 5.82 Å². The van der Waals surface area contributed by atoms with Gasteiger partial charge in [-0.05, 0) is 56.6 Å². The minimum absolute atomic E-state index is 0.116. The van der Waals surface area contributed by atoms with E-state index in [1.54, 1.807) is 48.4 Å². The number of nitrogens with zero attached hydrogens (tertiary/aromatic N) is 6. The molecule has 0 bridgehead atoms. The van der Waals surface area contributed by atoms with Crippen molar-refractivity contribution in [1.29, 1.82) is 0 Å². The highest BCUT2D eigenvalue weighted by Gasteiger charge is 2.25. The van der Waals surface area contributed by atoms with Crippen molar-refractivity contribution in [3.8, 4) is 28.7 Å². The van der Waals surface area contributed by atoms with E-state index in [9.17, 15) is 14.0 Å². The molecule has 1 aliphatic heterocycles. The Hall–Kier alpha value is -4.65. The van der Waals surface area contributed by atoms with Crippen LogP contribution in [0.4, 0.5) is 4.39 Å². The Morgan fingerprint density at radius 2 is 2.07 bits per heavy atom. The number of carbonyl (C=O) groups is 2. The molecule has 0 saturated carbocycles. The Labute approximate surface area is 235 Å². The largest absolute Gasteiger partial charge is 0.493 e. The van der Waals surface area contributed by atoms with Gasteiger partial charge in [0.2, 0.25) is 11.7 Å². The smallest absolute Gasteiger partial charge is 0.287 e. The molecule has 0 radical (unpaired) electrons. The minimum atomic E-state index is -0.653. The Kier molecular flexibility index (Phi) is 8.94. The Morgan fingerprint density at radius 3 is 2.85 bits per heavy atom. The quantitative estimate of drug-likeness (QED) is 0.286. The Morgan fingerprint density at radius 1 is 1.17 bits per heavy atom. The highest BCUT2D eigenvalue weighted by Crippen LogP contribution is 2.26. The van der Waals surface area contributed by atoms with E-state index in [1.165, 1.54) is 18.7 Å². The van der Waals surface area contributed by atoms with Gasteiger partial charge in [-0.2, -0.15) is 4.98 Å².